The zero-order valence-corrected chi connectivity index (χ0v) is 9.67. The van der Waals surface area contributed by atoms with Crippen LogP contribution < -0.4 is 10.6 Å². The Morgan fingerprint density at radius 1 is 1.29 bits per heavy atom. The molecule has 0 spiro atoms. The number of rotatable bonds is 5. The topological polar surface area (TPSA) is 49.8 Å². The number of hydrogen-bond donors (Lipinski definition) is 2. The summed E-state index contributed by atoms with van der Waals surface area (Å²) in [6.45, 7) is 2.58. The van der Waals surface area contributed by atoms with Gasteiger partial charge in [-0.15, -0.1) is 0 Å². The average molecular weight is 248 g/mol. The molecular formula is C10H15F3N4. The number of anilines is 1. The first kappa shape index (κ1) is 13.7. The predicted molar refractivity (Wildman–Crippen MR) is 58.7 cm³/mol. The molecule has 1 aromatic heterocycles. The van der Waals surface area contributed by atoms with Gasteiger partial charge in [-0.25, -0.2) is 9.97 Å². The second-order valence-corrected chi connectivity index (χ2v) is 3.57. The summed E-state index contributed by atoms with van der Waals surface area (Å²) in [5.74, 6) is 0.201. The van der Waals surface area contributed by atoms with Gasteiger partial charge in [0.1, 0.15) is 0 Å². The maximum Gasteiger partial charge on any atom is 0.419 e. The van der Waals surface area contributed by atoms with Gasteiger partial charge in [0.05, 0.1) is 5.56 Å². The fourth-order valence-corrected chi connectivity index (χ4v) is 1.23. The van der Waals surface area contributed by atoms with Gasteiger partial charge in [0, 0.05) is 25.0 Å². The quantitative estimate of drug-likeness (QED) is 0.835. The molecular weight excluding hydrogens is 233 g/mol. The summed E-state index contributed by atoms with van der Waals surface area (Å²) < 4.78 is 36.7. The SMILES string of the molecule is CC[C@@H](CNc1ncc(C(F)(F)F)cn1)NC. The van der Waals surface area contributed by atoms with Crippen molar-refractivity contribution in [2.75, 3.05) is 18.9 Å². The Morgan fingerprint density at radius 3 is 2.29 bits per heavy atom. The van der Waals surface area contributed by atoms with Crippen LogP contribution in [-0.4, -0.2) is 29.6 Å². The molecule has 96 valence electrons. The Morgan fingerprint density at radius 2 is 1.88 bits per heavy atom. The molecule has 2 N–H and O–H groups in total. The zero-order chi connectivity index (χ0) is 12.9. The van der Waals surface area contributed by atoms with Crippen LogP contribution in [0.2, 0.25) is 0 Å². The van der Waals surface area contributed by atoms with Crippen molar-refractivity contribution >= 4 is 5.95 Å². The predicted octanol–water partition coefficient (Wildman–Crippen LogP) is 1.91. The van der Waals surface area contributed by atoms with E-state index in [9.17, 15) is 13.2 Å². The highest BCUT2D eigenvalue weighted by Gasteiger charge is 2.31. The molecule has 0 unspecified atom stereocenters. The van der Waals surface area contributed by atoms with E-state index in [0.29, 0.717) is 6.54 Å². The number of halogens is 3. The lowest BCUT2D eigenvalue weighted by Gasteiger charge is -2.14. The number of alkyl halides is 3. The van der Waals surface area contributed by atoms with Crippen molar-refractivity contribution < 1.29 is 13.2 Å². The van der Waals surface area contributed by atoms with E-state index in [2.05, 4.69) is 20.6 Å². The van der Waals surface area contributed by atoms with E-state index in [1.54, 1.807) is 0 Å². The largest absolute Gasteiger partial charge is 0.419 e. The van der Waals surface area contributed by atoms with Crippen molar-refractivity contribution in [3.63, 3.8) is 0 Å². The highest BCUT2D eigenvalue weighted by atomic mass is 19.4. The second-order valence-electron chi connectivity index (χ2n) is 3.57. The molecule has 0 fully saturated rings. The molecule has 7 heteroatoms. The molecule has 0 amide bonds. The number of nitrogens with zero attached hydrogens (tertiary/aromatic N) is 2. The fraction of sp³-hybridized carbons (Fsp3) is 0.600. The van der Waals surface area contributed by atoms with Crippen molar-refractivity contribution in [1.82, 2.24) is 15.3 Å². The smallest absolute Gasteiger partial charge is 0.353 e. The van der Waals surface area contributed by atoms with Gasteiger partial charge in [-0.05, 0) is 13.5 Å². The zero-order valence-electron chi connectivity index (χ0n) is 9.67. The van der Waals surface area contributed by atoms with Crippen LogP contribution in [0.3, 0.4) is 0 Å². The maximum atomic E-state index is 12.2. The molecule has 0 aromatic carbocycles. The molecule has 17 heavy (non-hydrogen) atoms. The van der Waals surface area contributed by atoms with Gasteiger partial charge >= 0.3 is 6.18 Å². The van der Waals surface area contributed by atoms with E-state index >= 15 is 0 Å². The normalized spacial score (nSPS) is 13.5. The van der Waals surface area contributed by atoms with Crippen LogP contribution in [0, 0.1) is 0 Å². The highest BCUT2D eigenvalue weighted by molar-refractivity contribution is 5.25. The molecule has 0 bridgehead atoms. The monoisotopic (exact) mass is 248 g/mol. The Kier molecular flexibility index (Phi) is 4.68. The van der Waals surface area contributed by atoms with E-state index < -0.39 is 11.7 Å². The van der Waals surface area contributed by atoms with Gasteiger partial charge in [0.15, 0.2) is 0 Å². The van der Waals surface area contributed by atoms with E-state index in [1.165, 1.54) is 0 Å². The minimum Gasteiger partial charge on any atom is -0.353 e. The Labute approximate surface area is 97.7 Å². The summed E-state index contributed by atoms with van der Waals surface area (Å²) in [5, 5.41) is 5.93. The van der Waals surface area contributed by atoms with Crippen molar-refractivity contribution in [2.45, 2.75) is 25.6 Å². The van der Waals surface area contributed by atoms with Crippen LogP contribution in [0.1, 0.15) is 18.9 Å². The third-order valence-electron chi connectivity index (χ3n) is 2.39. The van der Waals surface area contributed by atoms with Gasteiger partial charge in [0.2, 0.25) is 5.95 Å². The van der Waals surface area contributed by atoms with Crippen LogP contribution in [0.25, 0.3) is 0 Å². The summed E-state index contributed by atoms with van der Waals surface area (Å²) >= 11 is 0. The van der Waals surface area contributed by atoms with E-state index in [1.807, 2.05) is 14.0 Å². The first-order chi connectivity index (χ1) is 7.97. The summed E-state index contributed by atoms with van der Waals surface area (Å²) in [6, 6.07) is 0.237. The lowest BCUT2D eigenvalue weighted by molar-refractivity contribution is -0.138. The highest BCUT2D eigenvalue weighted by Crippen LogP contribution is 2.27. The minimum atomic E-state index is -4.39. The average Bonchev–Trinajstić information content (AvgIpc) is 2.30. The number of aromatic nitrogens is 2. The maximum absolute atomic E-state index is 12.2. The Hall–Kier alpha value is -1.37. The summed E-state index contributed by atoms with van der Waals surface area (Å²) in [6.07, 6.45) is -1.94. The molecule has 0 aliphatic heterocycles. The molecule has 1 aromatic rings. The molecule has 4 nitrogen and oxygen atoms in total. The van der Waals surface area contributed by atoms with E-state index in [4.69, 9.17) is 0 Å². The van der Waals surface area contributed by atoms with Crippen LogP contribution >= 0.6 is 0 Å². The third kappa shape index (κ3) is 4.18. The first-order valence-corrected chi connectivity index (χ1v) is 5.27. The van der Waals surface area contributed by atoms with Crippen molar-refractivity contribution in [3.05, 3.63) is 18.0 Å². The number of nitrogens with one attached hydrogen (secondary N) is 2. The first-order valence-electron chi connectivity index (χ1n) is 5.27. The molecule has 0 aliphatic rings. The number of hydrogen-bond acceptors (Lipinski definition) is 4. The lowest BCUT2D eigenvalue weighted by Crippen LogP contribution is -2.32. The van der Waals surface area contributed by atoms with Gasteiger partial charge in [-0.1, -0.05) is 6.92 Å². The van der Waals surface area contributed by atoms with Gasteiger partial charge in [0.25, 0.3) is 0 Å². The molecule has 1 atom stereocenters. The van der Waals surface area contributed by atoms with Crippen LogP contribution in [0.15, 0.2) is 12.4 Å². The molecule has 1 rings (SSSR count). The van der Waals surface area contributed by atoms with E-state index in [0.717, 1.165) is 18.8 Å². The lowest BCUT2D eigenvalue weighted by atomic mass is 10.2. The minimum absolute atomic E-state index is 0.201. The fourth-order valence-electron chi connectivity index (χ4n) is 1.23. The van der Waals surface area contributed by atoms with Crippen molar-refractivity contribution in [3.8, 4) is 0 Å². The summed E-state index contributed by atoms with van der Waals surface area (Å²) in [7, 11) is 1.82. The third-order valence-corrected chi connectivity index (χ3v) is 2.39. The summed E-state index contributed by atoms with van der Waals surface area (Å²) in [4.78, 5) is 7.23. The summed E-state index contributed by atoms with van der Waals surface area (Å²) in [5.41, 5.74) is -0.844. The molecule has 0 aliphatic carbocycles. The van der Waals surface area contributed by atoms with Crippen molar-refractivity contribution in [1.29, 1.82) is 0 Å². The standard InChI is InChI=1S/C10H15F3N4/c1-3-8(14-2)6-17-9-15-4-7(5-16-9)10(11,12)13/h4-5,8,14H,3,6H2,1-2H3,(H,15,16,17)/t8-/m0/s1. The van der Waals surface area contributed by atoms with Gasteiger partial charge in [-0.2, -0.15) is 13.2 Å². The van der Waals surface area contributed by atoms with Crippen LogP contribution in [0.4, 0.5) is 19.1 Å². The molecule has 1 heterocycles. The van der Waals surface area contributed by atoms with Crippen molar-refractivity contribution in [2.24, 2.45) is 0 Å². The Balaban J connectivity index is 2.57. The molecule has 0 radical (unpaired) electrons. The van der Waals surface area contributed by atoms with E-state index in [-0.39, 0.29) is 12.0 Å². The Bertz CT molecular complexity index is 332. The number of likely N-dealkylation sites (N-methyl/N-ethyl adjacent to an activating group) is 1. The van der Waals surface area contributed by atoms with Gasteiger partial charge in [-0.3, -0.25) is 0 Å². The van der Waals surface area contributed by atoms with Crippen LogP contribution in [-0.2, 0) is 6.18 Å². The van der Waals surface area contributed by atoms with Gasteiger partial charge < -0.3 is 10.6 Å². The van der Waals surface area contributed by atoms with Crippen LogP contribution in [0.5, 0.6) is 0 Å². The molecule has 0 saturated carbocycles. The second kappa shape index (κ2) is 5.81. The molecule has 0 saturated heterocycles.